The van der Waals surface area contributed by atoms with Gasteiger partial charge in [0.2, 0.25) is 0 Å². The summed E-state index contributed by atoms with van der Waals surface area (Å²) in [6.07, 6.45) is 0. The van der Waals surface area contributed by atoms with E-state index in [1.165, 1.54) is 0 Å². The van der Waals surface area contributed by atoms with E-state index in [0.717, 1.165) is 26.2 Å². The van der Waals surface area contributed by atoms with Crippen molar-refractivity contribution in [2.24, 2.45) is 5.73 Å². The molecule has 0 aromatic rings. The molecule has 0 heterocycles. The largest absolute Gasteiger partial charge is 0.324 e. The predicted molar refractivity (Wildman–Crippen MR) is 54.3 cm³/mol. The average molecular weight is 173 g/mol. The monoisotopic (exact) mass is 173 g/mol. The molecule has 0 fully saturated rings. The van der Waals surface area contributed by atoms with Crippen molar-refractivity contribution in [3.63, 3.8) is 0 Å². The van der Waals surface area contributed by atoms with E-state index < -0.39 is 0 Å². The molecule has 0 aromatic carbocycles. The van der Waals surface area contributed by atoms with Crippen LogP contribution >= 0.6 is 0 Å². The van der Waals surface area contributed by atoms with Crippen molar-refractivity contribution in [1.82, 2.24) is 10.2 Å². The second-order valence-electron chi connectivity index (χ2n) is 4.08. The number of nitrogens with two attached hydrogens (primary N) is 1. The molecule has 74 valence electrons. The van der Waals surface area contributed by atoms with E-state index in [9.17, 15) is 0 Å². The predicted octanol–water partition coefficient (Wildman–Crippen LogP) is 0.265. The first-order valence-electron chi connectivity index (χ1n) is 4.64. The Morgan fingerprint density at radius 1 is 1.42 bits per heavy atom. The van der Waals surface area contributed by atoms with Crippen LogP contribution < -0.4 is 11.1 Å². The summed E-state index contributed by atoms with van der Waals surface area (Å²) in [5, 5.41) is 3.28. The lowest BCUT2D eigenvalue weighted by molar-refractivity contribution is 0.270. The Hall–Kier alpha value is -0.120. The van der Waals surface area contributed by atoms with E-state index in [4.69, 9.17) is 5.73 Å². The molecule has 0 rings (SSSR count). The SMILES string of the molecule is CCNCCN(C)CC(C)(C)N. The minimum Gasteiger partial charge on any atom is -0.324 e. The van der Waals surface area contributed by atoms with Crippen LogP contribution in [0.1, 0.15) is 20.8 Å². The number of hydrogen-bond acceptors (Lipinski definition) is 3. The van der Waals surface area contributed by atoms with Crippen LogP contribution in [0.2, 0.25) is 0 Å². The Morgan fingerprint density at radius 3 is 2.42 bits per heavy atom. The van der Waals surface area contributed by atoms with Gasteiger partial charge in [-0.25, -0.2) is 0 Å². The maximum absolute atomic E-state index is 5.88. The van der Waals surface area contributed by atoms with Gasteiger partial charge in [-0.3, -0.25) is 0 Å². The summed E-state index contributed by atoms with van der Waals surface area (Å²) in [5.74, 6) is 0. The molecule has 0 spiro atoms. The smallest absolute Gasteiger partial charge is 0.0225 e. The topological polar surface area (TPSA) is 41.3 Å². The van der Waals surface area contributed by atoms with Gasteiger partial charge in [-0.1, -0.05) is 6.92 Å². The molecule has 0 aliphatic heterocycles. The van der Waals surface area contributed by atoms with Crippen LogP contribution in [0, 0.1) is 0 Å². The lowest BCUT2D eigenvalue weighted by atomic mass is 10.1. The van der Waals surface area contributed by atoms with Crippen molar-refractivity contribution in [3.8, 4) is 0 Å². The zero-order chi connectivity index (χ0) is 9.61. The van der Waals surface area contributed by atoms with Gasteiger partial charge < -0.3 is 16.0 Å². The summed E-state index contributed by atoms with van der Waals surface area (Å²) < 4.78 is 0. The van der Waals surface area contributed by atoms with Crippen molar-refractivity contribution in [2.75, 3.05) is 33.2 Å². The van der Waals surface area contributed by atoms with Crippen molar-refractivity contribution in [3.05, 3.63) is 0 Å². The standard InChI is InChI=1S/C9H23N3/c1-5-11-6-7-12(4)8-9(2,3)10/h11H,5-8,10H2,1-4H3. The summed E-state index contributed by atoms with van der Waals surface area (Å²) in [5.41, 5.74) is 5.80. The molecule has 3 heteroatoms. The maximum atomic E-state index is 5.88. The molecule has 0 saturated carbocycles. The van der Waals surface area contributed by atoms with Crippen LogP contribution in [0.25, 0.3) is 0 Å². The van der Waals surface area contributed by atoms with E-state index >= 15 is 0 Å². The van der Waals surface area contributed by atoms with E-state index in [1.807, 2.05) is 0 Å². The number of nitrogens with one attached hydrogen (secondary N) is 1. The molecular weight excluding hydrogens is 150 g/mol. The fraction of sp³-hybridized carbons (Fsp3) is 1.00. The van der Waals surface area contributed by atoms with Gasteiger partial charge in [-0.2, -0.15) is 0 Å². The van der Waals surface area contributed by atoms with Crippen LogP contribution in [0.4, 0.5) is 0 Å². The quantitative estimate of drug-likeness (QED) is 0.566. The summed E-state index contributed by atoms with van der Waals surface area (Å²) >= 11 is 0. The fourth-order valence-corrected chi connectivity index (χ4v) is 1.22. The van der Waals surface area contributed by atoms with Crippen LogP contribution in [0.5, 0.6) is 0 Å². The van der Waals surface area contributed by atoms with Crippen LogP contribution in [0.3, 0.4) is 0 Å². The van der Waals surface area contributed by atoms with Crippen LogP contribution in [-0.2, 0) is 0 Å². The zero-order valence-electron chi connectivity index (χ0n) is 8.85. The van der Waals surface area contributed by atoms with Gasteiger partial charge >= 0.3 is 0 Å². The van der Waals surface area contributed by atoms with Gasteiger partial charge in [-0.05, 0) is 27.4 Å². The molecule has 0 radical (unpaired) electrons. The summed E-state index contributed by atoms with van der Waals surface area (Å²) in [4.78, 5) is 2.25. The minimum atomic E-state index is -0.0824. The number of nitrogens with zero attached hydrogens (tertiary/aromatic N) is 1. The Balaban J connectivity index is 3.40. The van der Waals surface area contributed by atoms with Crippen LogP contribution in [-0.4, -0.2) is 43.7 Å². The lowest BCUT2D eigenvalue weighted by Crippen LogP contribution is -2.45. The third-order valence-corrected chi connectivity index (χ3v) is 1.60. The van der Waals surface area contributed by atoms with Gasteiger partial charge in [0.25, 0.3) is 0 Å². The molecular formula is C9H23N3. The Kier molecular flexibility index (Phi) is 5.46. The minimum absolute atomic E-state index is 0.0824. The first-order valence-corrected chi connectivity index (χ1v) is 4.64. The molecule has 12 heavy (non-hydrogen) atoms. The number of rotatable bonds is 6. The molecule has 0 unspecified atom stereocenters. The van der Waals surface area contributed by atoms with E-state index in [1.54, 1.807) is 0 Å². The first kappa shape index (κ1) is 11.9. The van der Waals surface area contributed by atoms with Crippen molar-refractivity contribution in [2.45, 2.75) is 26.3 Å². The zero-order valence-corrected chi connectivity index (χ0v) is 8.85. The van der Waals surface area contributed by atoms with Gasteiger partial charge in [0.1, 0.15) is 0 Å². The summed E-state index contributed by atoms with van der Waals surface area (Å²) in [6, 6.07) is 0. The molecule has 3 N–H and O–H groups in total. The fourth-order valence-electron chi connectivity index (χ4n) is 1.22. The Morgan fingerprint density at radius 2 is 2.00 bits per heavy atom. The molecule has 3 nitrogen and oxygen atoms in total. The normalized spacial score (nSPS) is 12.5. The maximum Gasteiger partial charge on any atom is 0.0225 e. The summed E-state index contributed by atoms with van der Waals surface area (Å²) in [6.45, 7) is 10.3. The summed E-state index contributed by atoms with van der Waals surface area (Å²) in [7, 11) is 2.10. The number of likely N-dealkylation sites (N-methyl/N-ethyl adjacent to an activating group) is 2. The highest BCUT2D eigenvalue weighted by molar-refractivity contribution is 4.75. The van der Waals surface area contributed by atoms with E-state index in [2.05, 4.69) is 38.0 Å². The van der Waals surface area contributed by atoms with Crippen molar-refractivity contribution < 1.29 is 0 Å². The third kappa shape index (κ3) is 7.98. The highest BCUT2D eigenvalue weighted by Crippen LogP contribution is 1.98. The Bertz CT molecular complexity index is 107. The van der Waals surface area contributed by atoms with Gasteiger partial charge in [0.15, 0.2) is 0 Å². The molecule has 0 amide bonds. The Labute approximate surface area is 76.3 Å². The van der Waals surface area contributed by atoms with Crippen molar-refractivity contribution >= 4 is 0 Å². The second kappa shape index (κ2) is 5.51. The highest BCUT2D eigenvalue weighted by atomic mass is 15.1. The molecule has 0 saturated heterocycles. The molecule has 0 aromatic heterocycles. The second-order valence-corrected chi connectivity index (χ2v) is 4.08. The molecule has 0 bridgehead atoms. The molecule has 0 aliphatic rings. The molecule has 0 atom stereocenters. The van der Waals surface area contributed by atoms with Crippen LogP contribution in [0.15, 0.2) is 0 Å². The average Bonchev–Trinajstić information content (AvgIpc) is 1.84. The highest BCUT2D eigenvalue weighted by Gasteiger charge is 2.12. The van der Waals surface area contributed by atoms with Gasteiger partial charge in [0, 0.05) is 25.2 Å². The number of hydrogen-bond donors (Lipinski definition) is 2. The first-order chi connectivity index (χ1) is 5.45. The lowest BCUT2D eigenvalue weighted by Gasteiger charge is -2.26. The van der Waals surface area contributed by atoms with Gasteiger partial charge in [-0.15, -0.1) is 0 Å². The van der Waals surface area contributed by atoms with E-state index in [-0.39, 0.29) is 5.54 Å². The third-order valence-electron chi connectivity index (χ3n) is 1.60. The molecule has 0 aliphatic carbocycles. The van der Waals surface area contributed by atoms with E-state index in [0.29, 0.717) is 0 Å². The van der Waals surface area contributed by atoms with Crippen molar-refractivity contribution in [1.29, 1.82) is 0 Å². The van der Waals surface area contributed by atoms with Gasteiger partial charge in [0.05, 0.1) is 0 Å².